The standard InChI is InChI=1S/C8H7FN2O4S.K/c9-5-2-1-3-6(12)8(5)11-4-7(13)10-16(11,14)15;/h1-3,12H,4H2,(H,10,13);. The molecular weight excluding hydrogens is 278 g/mol. The molecule has 0 spiro atoms. The van der Waals surface area contributed by atoms with Gasteiger partial charge in [0.25, 0.3) is 5.91 Å². The fourth-order valence-electron chi connectivity index (χ4n) is 1.40. The molecule has 0 unspecified atom stereocenters. The molecule has 0 atom stereocenters. The molecule has 6 nitrogen and oxygen atoms in total. The van der Waals surface area contributed by atoms with Gasteiger partial charge in [-0.15, -0.1) is 0 Å². The Morgan fingerprint density at radius 2 is 2.06 bits per heavy atom. The smallest absolute Gasteiger partial charge is 0.326 e. The summed E-state index contributed by atoms with van der Waals surface area (Å²) in [4.78, 5) is 10.9. The zero-order chi connectivity index (χ0) is 11.9. The van der Waals surface area contributed by atoms with Crippen molar-refractivity contribution in [3.05, 3.63) is 24.0 Å². The van der Waals surface area contributed by atoms with Crippen LogP contribution in [-0.4, -0.2) is 77.4 Å². The molecular formula is C8H7FKN2O4S. The molecule has 1 saturated heterocycles. The van der Waals surface area contributed by atoms with Gasteiger partial charge in [0.05, 0.1) is 0 Å². The Morgan fingerprint density at radius 1 is 1.41 bits per heavy atom. The fourth-order valence-corrected chi connectivity index (χ4v) is 2.57. The van der Waals surface area contributed by atoms with E-state index in [4.69, 9.17) is 0 Å². The number of hydrogen-bond donors (Lipinski definition) is 2. The van der Waals surface area contributed by atoms with Crippen molar-refractivity contribution in [3.63, 3.8) is 0 Å². The second-order valence-electron chi connectivity index (χ2n) is 3.14. The maximum Gasteiger partial charge on any atom is 0.326 e. The first-order valence-corrected chi connectivity index (χ1v) is 5.66. The maximum absolute atomic E-state index is 13.4. The van der Waals surface area contributed by atoms with Gasteiger partial charge in [0.15, 0.2) is 5.82 Å². The number of phenolic OH excluding ortho intramolecular Hbond substituents is 1. The first kappa shape index (κ1) is 14.9. The summed E-state index contributed by atoms with van der Waals surface area (Å²) in [6.07, 6.45) is 0. The molecule has 0 bridgehead atoms. The second kappa shape index (κ2) is 5.20. The molecule has 9 heteroatoms. The van der Waals surface area contributed by atoms with Crippen LogP contribution in [0.3, 0.4) is 0 Å². The molecule has 1 radical (unpaired) electrons. The summed E-state index contributed by atoms with van der Waals surface area (Å²) in [5, 5.41) is 9.39. The van der Waals surface area contributed by atoms with Gasteiger partial charge in [0.1, 0.15) is 18.0 Å². The summed E-state index contributed by atoms with van der Waals surface area (Å²) in [6, 6.07) is 3.36. The van der Waals surface area contributed by atoms with E-state index in [1.807, 2.05) is 0 Å². The van der Waals surface area contributed by atoms with Gasteiger partial charge in [0.2, 0.25) is 0 Å². The van der Waals surface area contributed by atoms with Crippen molar-refractivity contribution < 1.29 is 22.7 Å². The number of halogens is 1. The normalized spacial score (nSPS) is 17.5. The molecule has 0 saturated carbocycles. The quantitative estimate of drug-likeness (QED) is 0.670. The SMILES string of the molecule is O=C1CN(c2c(O)cccc2F)S(=O)(=O)N1.[K]. The molecule has 2 rings (SSSR count). The van der Waals surface area contributed by atoms with Crippen molar-refractivity contribution in [2.24, 2.45) is 0 Å². The van der Waals surface area contributed by atoms with Crippen LogP contribution in [0.15, 0.2) is 18.2 Å². The van der Waals surface area contributed by atoms with Gasteiger partial charge in [-0.2, -0.15) is 8.42 Å². The van der Waals surface area contributed by atoms with Crippen LogP contribution in [0.25, 0.3) is 0 Å². The molecule has 1 amide bonds. The molecule has 1 aliphatic rings. The van der Waals surface area contributed by atoms with Crippen LogP contribution in [0.4, 0.5) is 10.1 Å². The van der Waals surface area contributed by atoms with E-state index in [1.165, 1.54) is 6.07 Å². The Morgan fingerprint density at radius 3 is 2.53 bits per heavy atom. The number of aromatic hydroxyl groups is 1. The van der Waals surface area contributed by atoms with Crippen LogP contribution >= 0.6 is 0 Å². The molecule has 1 aromatic carbocycles. The third-order valence-electron chi connectivity index (χ3n) is 2.04. The Hall–Kier alpha value is -0.194. The largest absolute Gasteiger partial charge is 0.506 e. The first-order valence-electron chi connectivity index (χ1n) is 4.22. The van der Waals surface area contributed by atoms with E-state index in [1.54, 1.807) is 4.72 Å². The summed E-state index contributed by atoms with van der Waals surface area (Å²) < 4.78 is 38.3. The van der Waals surface area contributed by atoms with Gasteiger partial charge in [0, 0.05) is 51.4 Å². The number of rotatable bonds is 1. The average molecular weight is 285 g/mol. The number of anilines is 1. The predicted molar refractivity (Wildman–Crippen MR) is 58.2 cm³/mol. The molecule has 87 valence electrons. The van der Waals surface area contributed by atoms with E-state index in [-0.39, 0.29) is 51.4 Å². The Labute approximate surface area is 139 Å². The van der Waals surface area contributed by atoms with Crippen molar-refractivity contribution in [2.75, 3.05) is 10.8 Å². The second-order valence-corrected chi connectivity index (χ2v) is 4.74. The Balaban J connectivity index is 0.00000144. The van der Waals surface area contributed by atoms with Crippen molar-refractivity contribution in [1.29, 1.82) is 0 Å². The van der Waals surface area contributed by atoms with Gasteiger partial charge in [-0.25, -0.2) is 13.4 Å². The summed E-state index contributed by atoms with van der Waals surface area (Å²) in [7, 11) is -4.10. The van der Waals surface area contributed by atoms with Crippen LogP contribution in [0.5, 0.6) is 5.75 Å². The van der Waals surface area contributed by atoms with Gasteiger partial charge >= 0.3 is 10.2 Å². The average Bonchev–Trinajstić information content (AvgIpc) is 2.39. The third kappa shape index (κ3) is 2.80. The number of benzene rings is 1. The van der Waals surface area contributed by atoms with E-state index in [9.17, 15) is 22.7 Å². The minimum Gasteiger partial charge on any atom is -0.506 e. The van der Waals surface area contributed by atoms with Crippen LogP contribution in [0, 0.1) is 5.82 Å². The zero-order valence-corrected chi connectivity index (χ0v) is 12.8. The monoisotopic (exact) mass is 285 g/mol. The molecule has 0 aromatic heterocycles. The van der Waals surface area contributed by atoms with Crippen LogP contribution in [-0.2, 0) is 15.0 Å². The number of nitrogens with zero attached hydrogens (tertiary/aromatic N) is 1. The molecule has 2 N–H and O–H groups in total. The van der Waals surface area contributed by atoms with Gasteiger partial charge in [-0.05, 0) is 12.1 Å². The van der Waals surface area contributed by atoms with Crippen LogP contribution in [0.2, 0.25) is 0 Å². The van der Waals surface area contributed by atoms with Crippen LogP contribution in [0.1, 0.15) is 0 Å². The fraction of sp³-hybridized carbons (Fsp3) is 0.125. The van der Waals surface area contributed by atoms with E-state index in [0.29, 0.717) is 4.31 Å². The Kier molecular flexibility index (Phi) is 4.55. The summed E-state index contributed by atoms with van der Waals surface area (Å²) in [5.74, 6) is -2.23. The molecule has 1 aromatic rings. The number of carbonyl (C=O) groups excluding carboxylic acids is 1. The number of nitrogens with one attached hydrogen (secondary N) is 1. The molecule has 1 heterocycles. The van der Waals surface area contributed by atoms with Crippen molar-refractivity contribution >= 4 is 73.2 Å². The van der Waals surface area contributed by atoms with Gasteiger partial charge in [-0.3, -0.25) is 4.79 Å². The number of para-hydroxylation sites is 1. The van der Waals surface area contributed by atoms with Crippen molar-refractivity contribution in [3.8, 4) is 5.75 Å². The van der Waals surface area contributed by atoms with Crippen molar-refractivity contribution in [2.45, 2.75) is 0 Å². The molecule has 17 heavy (non-hydrogen) atoms. The van der Waals surface area contributed by atoms with Gasteiger partial charge in [-0.1, -0.05) is 6.07 Å². The summed E-state index contributed by atoms with van der Waals surface area (Å²) in [5.41, 5.74) is -0.527. The maximum atomic E-state index is 13.4. The van der Waals surface area contributed by atoms with E-state index >= 15 is 0 Å². The molecule has 1 fully saturated rings. The Bertz CT molecular complexity index is 542. The third-order valence-corrected chi connectivity index (χ3v) is 3.41. The minimum atomic E-state index is -4.10. The summed E-state index contributed by atoms with van der Waals surface area (Å²) >= 11 is 0. The number of hydrogen-bond acceptors (Lipinski definition) is 4. The molecule has 0 aliphatic carbocycles. The van der Waals surface area contributed by atoms with E-state index in [2.05, 4.69) is 0 Å². The van der Waals surface area contributed by atoms with Gasteiger partial charge < -0.3 is 5.11 Å². The van der Waals surface area contributed by atoms with E-state index < -0.39 is 39.9 Å². The van der Waals surface area contributed by atoms with Crippen LogP contribution < -0.4 is 9.03 Å². The zero-order valence-electron chi connectivity index (χ0n) is 8.84. The minimum absolute atomic E-state index is 0. The summed E-state index contributed by atoms with van der Waals surface area (Å²) in [6.45, 7) is -0.545. The number of amides is 1. The number of phenols is 1. The van der Waals surface area contributed by atoms with E-state index in [0.717, 1.165) is 12.1 Å². The molecule has 1 aliphatic heterocycles. The topological polar surface area (TPSA) is 86.7 Å². The van der Waals surface area contributed by atoms with Crippen molar-refractivity contribution in [1.82, 2.24) is 4.72 Å². The number of carbonyl (C=O) groups is 1. The predicted octanol–water partition coefficient (Wildman–Crippen LogP) is -0.669. The first-order chi connectivity index (χ1) is 7.42.